The summed E-state index contributed by atoms with van der Waals surface area (Å²) in [6.07, 6.45) is -1.25. The Balaban J connectivity index is 0.00000361. The Hall–Kier alpha value is -3.18. The average Bonchev–Trinajstić information content (AvgIpc) is 2.87. The molecule has 0 spiro atoms. The van der Waals surface area contributed by atoms with Crippen LogP contribution in [-0.4, -0.2) is 77.8 Å². The molecule has 2 aromatic rings. The van der Waals surface area contributed by atoms with E-state index in [0.29, 0.717) is 16.1 Å². The van der Waals surface area contributed by atoms with Gasteiger partial charge in [0.1, 0.15) is 17.8 Å². The molecule has 2 amide bonds. The van der Waals surface area contributed by atoms with Crippen LogP contribution >= 0.6 is 11.6 Å². The number of aliphatic hydroxyl groups excluding tert-OH is 1. The lowest BCUT2D eigenvalue weighted by atomic mass is 9.96. The van der Waals surface area contributed by atoms with Gasteiger partial charge in [-0.1, -0.05) is 38.6 Å². The molecule has 1 heterocycles. The van der Waals surface area contributed by atoms with Crippen LogP contribution < -0.4 is 16.8 Å². The van der Waals surface area contributed by atoms with E-state index in [-0.39, 0.29) is 46.4 Å². The third-order valence-electron chi connectivity index (χ3n) is 6.33. The molecule has 11 heteroatoms. The van der Waals surface area contributed by atoms with Crippen LogP contribution in [0.4, 0.5) is 0 Å². The highest BCUT2D eigenvalue weighted by Gasteiger charge is 2.35. The van der Waals surface area contributed by atoms with E-state index >= 15 is 0 Å². The number of hydrogen-bond acceptors (Lipinski definition) is 8. The molecular formula is C27H39ClN4O6. The van der Waals surface area contributed by atoms with Crippen molar-refractivity contribution >= 4 is 29.4 Å². The topological polar surface area (TPSA) is 168 Å². The molecule has 38 heavy (non-hydrogen) atoms. The van der Waals surface area contributed by atoms with Gasteiger partial charge in [0.2, 0.25) is 11.8 Å². The second kappa shape index (κ2) is 14.1. The highest BCUT2D eigenvalue weighted by Crippen LogP contribution is 2.31. The number of rotatable bonds is 4. The Bertz CT molecular complexity index is 1140. The summed E-state index contributed by atoms with van der Waals surface area (Å²) in [5.41, 5.74) is 14.2. The van der Waals surface area contributed by atoms with Crippen LogP contribution in [0, 0.1) is 0 Å². The number of aromatic hydroxyl groups is 1. The molecule has 4 bridgehead atoms. The number of halogens is 1. The Kier molecular flexibility index (Phi) is 12.2. The van der Waals surface area contributed by atoms with Gasteiger partial charge in [0.05, 0.1) is 19.3 Å². The first-order valence-corrected chi connectivity index (χ1v) is 11.8. The Labute approximate surface area is 228 Å². The number of esters is 1. The third kappa shape index (κ3) is 7.44. The second-order valence-electron chi connectivity index (χ2n) is 8.84. The smallest absolute Gasteiger partial charge is 0.328 e. The van der Waals surface area contributed by atoms with Crippen molar-refractivity contribution in [1.29, 1.82) is 0 Å². The van der Waals surface area contributed by atoms with Crippen LogP contribution in [0.5, 0.6) is 5.75 Å². The summed E-state index contributed by atoms with van der Waals surface area (Å²) < 4.78 is 4.95. The highest BCUT2D eigenvalue weighted by atomic mass is 35.5. The van der Waals surface area contributed by atoms with Crippen molar-refractivity contribution in [1.82, 2.24) is 10.2 Å². The number of carbonyl (C=O) groups is 3. The molecule has 210 valence electrons. The lowest BCUT2D eigenvalue weighted by Crippen LogP contribution is -2.56. The number of phenolic OH excluding ortho intramolecular Hbond substituents is 1. The van der Waals surface area contributed by atoms with Gasteiger partial charge in [0, 0.05) is 37.9 Å². The number of nitrogens with zero attached hydrogens (tertiary/aromatic N) is 1. The maximum atomic E-state index is 13.5. The van der Waals surface area contributed by atoms with Gasteiger partial charge in [-0.2, -0.15) is 0 Å². The number of fused-ring (bicyclic) bond motifs is 5. The SMILES string of the molecule is C.C.COC(=O)[C@@H]1Cc2cc(ccc2Cl)-c2ccc(O)c(c2)C[C@H](N)C(=O)N[C@@H](C[C@@H](O)CN)C(=O)N1C. The lowest BCUT2D eigenvalue weighted by molar-refractivity contribution is -0.153. The minimum absolute atomic E-state index is 0. The molecule has 3 rings (SSSR count). The van der Waals surface area contributed by atoms with Crippen LogP contribution in [0.25, 0.3) is 11.1 Å². The minimum atomic E-state index is -1.22. The molecular weight excluding hydrogens is 512 g/mol. The summed E-state index contributed by atoms with van der Waals surface area (Å²) in [6.45, 7) is -0.140. The first-order chi connectivity index (χ1) is 17.0. The number of nitrogens with two attached hydrogens (primary N) is 2. The fourth-order valence-corrected chi connectivity index (χ4v) is 4.35. The summed E-state index contributed by atoms with van der Waals surface area (Å²) in [6, 6.07) is 6.83. The van der Waals surface area contributed by atoms with E-state index in [9.17, 15) is 24.6 Å². The van der Waals surface area contributed by atoms with Crippen molar-refractivity contribution < 1.29 is 29.3 Å². The summed E-state index contributed by atoms with van der Waals surface area (Å²) in [5.74, 6) is -2.00. The zero-order valence-corrected chi connectivity index (χ0v) is 20.9. The molecule has 0 saturated carbocycles. The van der Waals surface area contributed by atoms with Gasteiger partial charge < -0.3 is 36.6 Å². The molecule has 0 aliphatic carbocycles. The van der Waals surface area contributed by atoms with Crippen molar-refractivity contribution in [3.05, 3.63) is 52.5 Å². The van der Waals surface area contributed by atoms with Crippen molar-refractivity contribution in [2.45, 2.75) is 58.3 Å². The number of phenols is 1. The maximum Gasteiger partial charge on any atom is 0.328 e. The number of likely N-dealkylation sites (N-methyl/N-ethyl adjacent to an activating group) is 1. The first-order valence-electron chi connectivity index (χ1n) is 11.4. The van der Waals surface area contributed by atoms with Crippen LogP contribution in [0.15, 0.2) is 36.4 Å². The molecule has 7 N–H and O–H groups in total. The first kappa shape index (κ1) is 32.8. The number of hydrogen-bond donors (Lipinski definition) is 5. The van der Waals surface area contributed by atoms with E-state index in [2.05, 4.69) is 5.32 Å². The van der Waals surface area contributed by atoms with E-state index in [1.54, 1.807) is 30.3 Å². The van der Waals surface area contributed by atoms with Crippen molar-refractivity contribution in [3.63, 3.8) is 0 Å². The average molecular weight is 551 g/mol. The molecule has 0 radical (unpaired) electrons. The van der Waals surface area contributed by atoms with E-state index in [4.69, 9.17) is 27.8 Å². The third-order valence-corrected chi connectivity index (χ3v) is 6.70. The number of amides is 2. The Morgan fingerprint density at radius 1 is 1.16 bits per heavy atom. The van der Waals surface area contributed by atoms with Crippen molar-refractivity contribution in [3.8, 4) is 16.9 Å². The number of ether oxygens (including phenoxy) is 1. The van der Waals surface area contributed by atoms with E-state index < -0.39 is 42.0 Å². The van der Waals surface area contributed by atoms with Crippen molar-refractivity contribution in [2.24, 2.45) is 11.5 Å². The zero-order valence-electron chi connectivity index (χ0n) is 20.1. The monoisotopic (exact) mass is 550 g/mol. The molecule has 10 nitrogen and oxygen atoms in total. The maximum absolute atomic E-state index is 13.5. The number of methoxy groups -OCH3 is 1. The fraction of sp³-hybridized carbons (Fsp3) is 0.444. The number of benzene rings is 2. The van der Waals surface area contributed by atoms with Crippen molar-refractivity contribution in [2.75, 3.05) is 20.7 Å². The summed E-state index contributed by atoms with van der Waals surface area (Å²) in [5, 5.41) is 23.5. The molecule has 2 aromatic carbocycles. The summed E-state index contributed by atoms with van der Waals surface area (Å²) in [4.78, 5) is 40.3. The lowest BCUT2D eigenvalue weighted by Gasteiger charge is -2.31. The second-order valence-corrected chi connectivity index (χ2v) is 9.25. The zero-order chi connectivity index (χ0) is 26.6. The Morgan fingerprint density at radius 3 is 2.37 bits per heavy atom. The molecule has 0 unspecified atom stereocenters. The number of carbonyl (C=O) groups excluding carboxylic acids is 3. The summed E-state index contributed by atoms with van der Waals surface area (Å²) >= 11 is 6.45. The van der Waals surface area contributed by atoms with Gasteiger partial charge >= 0.3 is 5.97 Å². The quantitative estimate of drug-likeness (QED) is 0.358. The van der Waals surface area contributed by atoms with Gasteiger partial charge in [-0.05, 0) is 46.5 Å². The highest BCUT2D eigenvalue weighted by molar-refractivity contribution is 6.31. The predicted octanol–water partition coefficient (Wildman–Crippen LogP) is 1.61. The van der Waals surface area contributed by atoms with Crippen LogP contribution in [0.2, 0.25) is 5.02 Å². The number of nitrogens with one attached hydrogen (secondary N) is 1. The van der Waals surface area contributed by atoms with E-state index in [0.717, 1.165) is 11.1 Å². The molecule has 1 aliphatic heterocycles. The molecule has 0 fully saturated rings. The van der Waals surface area contributed by atoms with E-state index in [1.165, 1.54) is 25.1 Å². The fourth-order valence-electron chi connectivity index (χ4n) is 4.16. The summed E-state index contributed by atoms with van der Waals surface area (Å²) in [7, 11) is 2.62. The van der Waals surface area contributed by atoms with E-state index in [1.807, 2.05) is 0 Å². The van der Waals surface area contributed by atoms with Gasteiger partial charge in [0.25, 0.3) is 0 Å². The number of aliphatic hydroxyl groups is 1. The largest absolute Gasteiger partial charge is 0.508 e. The Morgan fingerprint density at radius 2 is 1.76 bits per heavy atom. The minimum Gasteiger partial charge on any atom is -0.508 e. The predicted molar refractivity (Wildman–Crippen MR) is 148 cm³/mol. The van der Waals surface area contributed by atoms with Gasteiger partial charge in [-0.25, -0.2) is 4.79 Å². The van der Waals surface area contributed by atoms with Gasteiger partial charge in [-0.15, -0.1) is 0 Å². The standard InChI is InChI=1S/C25H31ClN4O6.2CH4/c1-30-21(25(35)36-2)10-15-7-13(3-5-18(15)26)14-4-6-22(32)16(8-14)9-19(28)23(33)29-20(24(30)34)11-17(31)12-27;;/h3-8,17,19-21,31-32H,9-12,27-28H2,1-2H3,(H,29,33);2*1H4/t17-,19+,20+,21+;;/m1../s1. The van der Waals surface area contributed by atoms with Crippen LogP contribution in [0.1, 0.15) is 32.4 Å². The van der Waals surface area contributed by atoms with Crippen LogP contribution in [0.3, 0.4) is 0 Å². The normalized spacial score (nSPS) is 20.6. The molecule has 0 aromatic heterocycles. The van der Waals surface area contributed by atoms with Crippen LogP contribution in [-0.2, 0) is 32.0 Å². The molecule has 1 aliphatic rings. The van der Waals surface area contributed by atoms with Gasteiger partial charge in [-0.3, -0.25) is 9.59 Å². The molecule has 4 atom stereocenters. The molecule has 0 saturated heterocycles. The van der Waals surface area contributed by atoms with Gasteiger partial charge in [0.15, 0.2) is 0 Å².